The van der Waals surface area contributed by atoms with Crippen molar-refractivity contribution in [3.8, 4) is 6.07 Å². The highest BCUT2D eigenvalue weighted by molar-refractivity contribution is 9.11. The minimum Gasteiger partial charge on any atom is -0.315 e. The zero-order chi connectivity index (χ0) is 10.4. The molecule has 2 nitrogen and oxygen atoms in total. The van der Waals surface area contributed by atoms with Gasteiger partial charge in [-0.05, 0) is 41.4 Å². The monoisotopic (exact) mass is 272 g/mol. The summed E-state index contributed by atoms with van der Waals surface area (Å²) in [6.45, 7) is 3.65. The average Bonchev–Trinajstić information content (AvgIpc) is 2.58. The number of hydrogen-bond donors (Lipinski definition) is 1. The fraction of sp³-hybridized carbons (Fsp3) is 0.500. The van der Waals surface area contributed by atoms with Crippen LogP contribution >= 0.6 is 27.3 Å². The first-order chi connectivity index (χ1) is 6.72. The van der Waals surface area contributed by atoms with Crippen LogP contribution in [0.3, 0.4) is 0 Å². The molecule has 0 aliphatic rings. The second kappa shape index (κ2) is 6.18. The van der Waals surface area contributed by atoms with Crippen molar-refractivity contribution < 1.29 is 0 Å². The molecule has 1 aromatic rings. The third-order valence-corrected chi connectivity index (χ3v) is 3.53. The van der Waals surface area contributed by atoms with Crippen LogP contribution in [-0.4, -0.2) is 13.1 Å². The van der Waals surface area contributed by atoms with E-state index in [4.69, 9.17) is 5.26 Å². The summed E-state index contributed by atoms with van der Waals surface area (Å²) in [7, 11) is 0. The molecule has 0 saturated carbocycles. The summed E-state index contributed by atoms with van der Waals surface area (Å²) >= 11 is 5.19. The van der Waals surface area contributed by atoms with E-state index in [-0.39, 0.29) is 5.92 Å². The molecule has 1 unspecified atom stereocenters. The van der Waals surface area contributed by atoms with Crippen LogP contribution in [0.4, 0.5) is 0 Å². The number of nitrogens with zero attached hydrogens (tertiary/aromatic N) is 1. The smallest absolute Gasteiger partial charge is 0.0701 e. The van der Waals surface area contributed by atoms with Crippen molar-refractivity contribution >= 4 is 27.3 Å². The van der Waals surface area contributed by atoms with Crippen LogP contribution in [0, 0.1) is 17.2 Å². The van der Waals surface area contributed by atoms with Crippen LogP contribution in [0.1, 0.15) is 11.8 Å². The van der Waals surface area contributed by atoms with Gasteiger partial charge in [0.1, 0.15) is 0 Å². The zero-order valence-electron chi connectivity index (χ0n) is 8.09. The van der Waals surface area contributed by atoms with E-state index in [1.807, 2.05) is 6.92 Å². The summed E-state index contributed by atoms with van der Waals surface area (Å²) in [5, 5.41) is 11.8. The quantitative estimate of drug-likeness (QED) is 0.837. The molecule has 1 atom stereocenters. The third-order valence-electron chi connectivity index (χ3n) is 1.85. The van der Waals surface area contributed by atoms with E-state index in [0.29, 0.717) is 0 Å². The van der Waals surface area contributed by atoms with Crippen molar-refractivity contribution in [1.82, 2.24) is 5.32 Å². The second-order valence-corrected chi connectivity index (χ2v) is 5.74. The molecule has 1 rings (SSSR count). The number of nitriles is 1. The van der Waals surface area contributed by atoms with Crippen LogP contribution in [0.15, 0.2) is 15.9 Å². The lowest BCUT2D eigenvalue weighted by Gasteiger charge is -2.03. The van der Waals surface area contributed by atoms with E-state index in [1.54, 1.807) is 11.3 Å². The van der Waals surface area contributed by atoms with Crippen molar-refractivity contribution in [2.24, 2.45) is 5.92 Å². The van der Waals surface area contributed by atoms with Crippen molar-refractivity contribution in [1.29, 1.82) is 5.26 Å². The van der Waals surface area contributed by atoms with Crippen LogP contribution in [0.2, 0.25) is 0 Å². The van der Waals surface area contributed by atoms with E-state index < -0.39 is 0 Å². The lowest BCUT2D eigenvalue weighted by Crippen LogP contribution is -2.22. The molecule has 0 aliphatic carbocycles. The maximum atomic E-state index is 8.56. The molecule has 1 aromatic heterocycles. The number of halogens is 1. The van der Waals surface area contributed by atoms with Gasteiger partial charge >= 0.3 is 0 Å². The fourth-order valence-electron chi connectivity index (χ4n) is 1.06. The Morgan fingerprint density at radius 1 is 1.64 bits per heavy atom. The number of nitrogens with one attached hydrogen (secondary N) is 1. The average molecular weight is 273 g/mol. The molecule has 0 aromatic carbocycles. The Kier molecular flexibility index (Phi) is 5.16. The molecule has 0 saturated heterocycles. The molecular formula is C10H13BrN2S. The van der Waals surface area contributed by atoms with Gasteiger partial charge in [0.2, 0.25) is 0 Å². The zero-order valence-corrected chi connectivity index (χ0v) is 10.5. The van der Waals surface area contributed by atoms with Gasteiger partial charge < -0.3 is 5.32 Å². The summed E-state index contributed by atoms with van der Waals surface area (Å²) in [6.07, 6.45) is 1.04. The summed E-state index contributed by atoms with van der Waals surface area (Å²) in [5.74, 6) is 0.102. The maximum Gasteiger partial charge on any atom is 0.0701 e. The van der Waals surface area contributed by atoms with Crippen LogP contribution in [-0.2, 0) is 6.42 Å². The van der Waals surface area contributed by atoms with E-state index in [9.17, 15) is 0 Å². The molecule has 1 N–H and O–H groups in total. The van der Waals surface area contributed by atoms with E-state index in [1.165, 1.54) is 8.66 Å². The Balaban J connectivity index is 2.14. The number of rotatable bonds is 5. The van der Waals surface area contributed by atoms with Crippen molar-refractivity contribution in [3.05, 3.63) is 20.8 Å². The predicted octanol–water partition coefficient (Wildman–Crippen LogP) is 2.80. The Labute approximate surface area is 97.1 Å². The molecule has 0 amide bonds. The first-order valence-electron chi connectivity index (χ1n) is 4.57. The van der Waals surface area contributed by atoms with Gasteiger partial charge in [0.25, 0.3) is 0 Å². The number of thiophene rings is 1. The van der Waals surface area contributed by atoms with Gasteiger partial charge in [-0.3, -0.25) is 0 Å². The van der Waals surface area contributed by atoms with Gasteiger partial charge in [-0.1, -0.05) is 0 Å². The van der Waals surface area contributed by atoms with Gasteiger partial charge in [-0.25, -0.2) is 0 Å². The topological polar surface area (TPSA) is 35.8 Å². The Hall–Kier alpha value is -0.370. The van der Waals surface area contributed by atoms with Crippen molar-refractivity contribution in [3.63, 3.8) is 0 Å². The Morgan fingerprint density at radius 3 is 3.00 bits per heavy atom. The summed E-state index contributed by atoms with van der Waals surface area (Å²) in [5.41, 5.74) is 0. The minimum absolute atomic E-state index is 0.102. The standard InChI is InChI=1S/C10H13BrN2S/c1-8(6-12)7-13-5-4-9-2-3-10(11)14-9/h2-3,8,13H,4-5,7H2,1H3. The van der Waals surface area contributed by atoms with Gasteiger partial charge in [0, 0.05) is 18.0 Å². The molecule has 0 fully saturated rings. The van der Waals surface area contributed by atoms with Crippen molar-refractivity contribution in [2.75, 3.05) is 13.1 Å². The lowest BCUT2D eigenvalue weighted by atomic mass is 10.2. The number of hydrogen-bond acceptors (Lipinski definition) is 3. The first-order valence-corrected chi connectivity index (χ1v) is 6.18. The highest BCUT2D eigenvalue weighted by Crippen LogP contribution is 2.21. The molecule has 0 radical (unpaired) electrons. The minimum atomic E-state index is 0.102. The van der Waals surface area contributed by atoms with E-state index in [2.05, 4.69) is 39.4 Å². The molecule has 14 heavy (non-hydrogen) atoms. The molecular weight excluding hydrogens is 260 g/mol. The van der Waals surface area contributed by atoms with E-state index in [0.717, 1.165) is 19.5 Å². The highest BCUT2D eigenvalue weighted by atomic mass is 79.9. The summed E-state index contributed by atoms with van der Waals surface area (Å²) < 4.78 is 1.18. The fourth-order valence-corrected chi connectivity index (χ4v) is 2.54. The molecule has 4 heteroatoms. The molecule has 1 heterocycles. The maximum absolute atomic E-state index is 8.56. The molecule has 0 bridgehead atoms. The first kappa shape index (κ1) is 11.7. The van der Waals surface area contributed by atoms with Crippen LogP contribution in [0.25, 0.3) is 0 Å². The van der Waals surface area contributed by atoms with Crippen LogP contribution in [0.5, 0.6) is 0 Å². The third kappa shape index (κ3) is 4.23. The van der Waals surface area contributed by atoms with Gasteiger partial charge in [-0.2, -0.15) is 5.26 Å². The van der Waals surface area contributed by atoms with Gasteiger partial charge in [0.05, 0.1) is 15.8 Å². The van der Waals surface area contributed by atoms with Crippen LogP contribution < -0.4 is 5.32 Å². The SMILES string of the molecule is CC(C#N)CNCCc1ccc(Br)s1. The normalized spacial score (nSPS) is 12.4. The molecule has 0 aliphatic heterocycles. The molecule has 76 valence electrons. The Bertz CT molecular complexity index is 316. The largest absolute Gasteiger partial charge is 0.315 e. The van der Waals surface area contributed by atoms with Crippen molar-refractivity contribution in [2.45, 2.75) is 13.3 Å². The van der Waals surface area contributed by atoms with E-state index >= 15 is 0 Å². The second-order valence-electron chi connectivity index (χ2n) is 3.19. The lowest BCUT2D eigenvalue weighted by molar-refractivity contribution is 0.604. The molecule has 0 spiro atoms. The Morgan fingerprint density at radius 2 is 2.43 bits per heavy atom. The van der Waals surface area contributed by atoms with Gasteiger partial charge in [0.15, 0.2) is 0 Å². The van der Waals surface area contributed by atoms with Gasteiger partial charge in [-0.15, -0.1) is 11.3 Å². The highest BCUT2D eigenvalue weighted by Gasteiger charge is 1.99. The predicted molar refractivity (Wildman–Crippen MR) is 63.4 cm³/mol. The summed E-state index contributed by atoms with van der Waals surface area (Å²) in [4.78, 5) is 1.37. The summed E-state index contributed by atoms with van der Waals surface area (Å²) in [6, 6.07) is 6.40.